The van der Waals surface area contributed by atoms with Gasteiger partial charge in [-0.1, -0.05) is 12.1 Å². The van der Waals surface area contributed by atoms with E-state index in [1.165, 1.54) is 11.3 Å². The van der Waals surface area contributed by atoms with Crippen LogP contribution in [-0.4, -0.2) is 26.2 Å². The third-order valence-electron chi connectivity index (χ3n) is 2.93. The smallest absolute Gasteiger partial charge is 0.310 e. The van der Waals surface area contributed by atoms with Gasteiger partial charge in [0.15, 0.2) is 0 Å². The van der Waals surface area contributed by atoms with Gasteiger partial charge in [0.05, 0.1) is 13.0 Å². The summed E-state index contributed by atoms with van der Waals surface area (Å²) in [5.74, 6) is -0.145. The molecular formula is C13H17NO2. The molecule has 1 heterocycles. The Hall–Kier alpha value is -1.51. The lowest BCUT2D eigenvalue weighted by Gasteiger charge is -2.12. The first-order valence-corrected chi connectivity index (χ1v) is 5.69. The molecule has 0 bridgehead atoms. The molecule has 3 nitrogen and oxygen atoms in total. The quantitative estimate of drug-likeness (QED) is 0.726. The minimum Gasteiger partial charge on any atom is -0.466 e. The molecule has 3 heteroatoms. The number of likely N-dealkylation sites (N-methyl/N-ethyl adjacent to an activating group) is 1. The first kappa shape index (κ1) is 11.0. The van der Waals surface area contributed by atoms with E-state index in [4.69, 9.17) is 4.74 Å². The van der Waals surface area contributed by atoms with Crippen LogP contribution in [0.3, 0.4) is 0 Å². The van der Waals surface area contributed by atoms with Gasteiger partial charge in [0.25, 0.3) is 0 Å². The molecule has 0 radical (unpaired) electrons. The average Bonchev–Trinajstić information content (AvgIpc) is 2.60. The van der Waals surface area contributed by atoms with Crippen LogP contribution in [0.5, 0.6) is 0 Å². The Morgan fingerprint density at radius 1 is 1.50 bits per heavy atom. The van der Waals surface area contributed by atoms with Crippen LogP contribution in [0.1, 0.15) is 18.1 Å². The maximum atomic E-state index is 11.3. The van der Waals surface area contributed by atoms with E-state index >= 15 is 0 Å². The minimum absolute atomic E-state index is 0.145. The van der Waals surface area contributed by atoms with Crippen LogP contribution in [0.4, 0.5) is 5.69 Å². The van der Waals surface area contributed by atoms with Gasteiger partial charge in [0.1, 0.15) is 0 Å². The maximum absolute atomic E-state index is 11.3. The van der Waals surface area contributed by atoms with Crippen molar-refractivity contribution in [2.75, 3.05) is 25.1 Å². The van der Waals surface area contributed by atoms with Gasteiger partial charge < -0.3 is 9.64 Å². The monoisotopic (exact) mass is 219 g/mol. The second-order valence-corrected chi connectivity index (χ2v) is 4.12. The van der Waals surface area contributed by atoms with Crippen molar-refractivity contribution in [3.8, 4) is 0 Å². The molecular weight excluding hydrogens is 202 g/mol. The molecule has 1 aliphatic heterocycles. The first-order chi connectivity index (χ1) is 7.70. The summed E-state index contributed by atoms with van der Waals surface area (Å²) in [7, 11) is 2.09. The second kappa shape index (κ2) is 4.56. The zero-order chi connectivity index (χ0) is 11.5. The molecule has 0 spiro atoms. The van der Waals surface area contributed by atoms with Crippen LogP contribution in [0, 0.1) is 0 Å². The van der Waals surface area contributed by atoms with Crippen LogP contribution in [-0.2, 0) is 22.4 Å². The van der Waals surface area contributed by atoms with Crippen molar-refractivity contribution >= 4 is 11.7 Å². The number of fused-ring (bicyclic) bond motifs is 1. The Kier molecular flexibility index (Phi) is 3.13. The Morgan fingerprint density at radius 3 is 3.06 bits per heavy atom. The number of hydrogen-bond donors (Lipinski definition) is 0. The van der Waals surface area contributed by atoms with Gasteiger partial charge in [0.2, 0.25) is 0 Å². The van der Waals surface area contributed by atoms with Crippen molar-refractivity contribution in [2.45, 2.75) is 19.8 Å². The lowest BCUT2D eigenvalue weighted by Crippen LogP contribution is -2.12. The van der Waals surface area contributed by atoms with Gasteiger partial charge in [-0.3, -0.25) is 4.79 Å². The summed E-state index contributed by atoms with van der Waals surface area (Å²) in [4.78, 5) is 13.6. The Balaban J connectivity index is 2.10. The molecule has 0 unspecified atom stereocenters. The highest BCUT2D eigenvalue weighted by molar-refractivity contribution is 5.73. The number of rotatable bonds is 3. The highest BCUT2D eigenvalue weighted by Crippen LogP contribution is 2.27. The van der Waals surface area contributed by atoms with Crippen LogP contribution in [0.25, 0.3) is 0 Å². The lowest BCUT2D eigenvalue weighted by atomic mass is 10.1. The highest BCUT2D eigenvalue weighted by Gasteiger charge is 2.16. The van der Waals surface area contributed by atoms with Gasteiger partial charge >= 0.3 is 5.97 Å². The zero-order valence-corrected chi connectivity index (χ0v) is 9.82. The summed E-state index contributed by atoms with van der Waals surface area (Å²) in [5, 5.41) is 0. The molecule has 1 aliphatic rings. The number of esters is 1. The van der Waals surface area contributed by atoms with Crippen molar-refractivity contribution in [1.82, 2.24) is 0 Å². The third-order valence-corrected chi connectivity index (χ3v) is 2.93. The van der Waals surface area contributed by atoms with Crippen molar-refractivity contribution in [3.05, 3.63) is 29.3 Å². The van der Waals surface area contributed by atoms with Gasteiger partial charge in [-0.05, 0) is 30.5 Å². The summed E-state index contributed by atoms with van der Waals surface area (Å²) in [6.45, 7) is 3.35. The molecule has 0 amide bonds. The van der Waals surface area contributed by atoms with E-state index in [1.807, 2.05) is 13.0 Å². The Bertz CT molecular complexity index is 401. The minimum atomic E-state index is -0.145. The SMILES string of the molecule is CCOC(=O)Cc1ccc2c(c1)CCN2C. The van der Waals surface area contributed by atoms with Crippen molar-refractivity contribution in [3.63, 3.8) is 0 Å². The number of carbonyl (C=O) groups is 1. The molecule has 0 N–H and O–H groups in total. The number of nitrogens with zero attached hydrogens (tertiary/aromatic N) is 1. The standard InChI is InChI=1S/C13H17NO2/c1-3-16-13(15)9-10-4-5-12-11(8-10)6-7-14(12)2/h4-5,8H,3,6-7,9H2,1-2H3. The summed E-state index contributed by atoms with van der Waals surface area (Å²) < 4.78 is 4.94. The van der Waals surface area contributed by atoms with Crippen LogP contribution in [0.15, 0.2) is 18.2 Å². The number of ether oxygens (including phenoxy) is 1. The van der Waals surface area contributed by atoms with E-state index in [0.29, 0.717) is 13.0 Å². The van der Waals surface area contributed by atoms with Gasteiger partial charge in [-0.15, -0.1) is 0 Å². The fraction of sp³-hybridized carbons (Fsp3) is 0.462. The molecule has 0 aliphatic carbocycles. The normalized spacial score (nSPS) is 13.8. The summed E-state index contributed by atoms with van der Waals surface area (Å²) in [6, 6.07) is 6.23. The number of anilines is 1. The molecule has 16 heavy (non-hydrogen) atoms. The van der Waals surface area contributed by atoms with E-state index in [9.17, 15) is 4.79 Å². The Labute approximate surface area is 96.0 Å². The van der Waals surface area contributed by atoms with Gasteiger partial charge in [-0.25, -0.2) is 0 Å². The van der Waals surface area contributed by atoms with Crippen LogP contribution in [0.2, 0.25) is 0 Å². The molecule has 0 saturated carbocycles. The topological polar surface area (TPSA) is 29.5 Å². The molecule has 0 aromatic heterocycles. The number of benzene rings is 1. The van der Waals surface area contributed by atoms with Crippen LogP contribution < -0.4 is 4.90 Å². The maximum Gasteiger partial charge on any atom is 0.310 e. The van der Waals surface area contributed by atoms with Crippen LogP contribution >= 0.6 is 0 Å². The molecule has 2 rings (SSSR count). The Morgan fingerprint density at radius 2 is 2.31 bits per heavy atom. The van der Waals surface area contributed by atoms with Gasteiger partial charge in [0, 0.05) is 19.3 Å². The lowest BCUT2D eigenvalue weighted by molar-refractivity contribution is -0.142. The fourth-order valence-corrected chi connectivity index (χ4v) is 2.11. The first-order valence-electron chi connectivity index (χ1n) is 5.69. The molecule has 0 fully saturated rings. The molecule has 0 saturated heterocycles. The van der Waals surface area contributed by atoms with Crippen molar-refractivity contribution < 1.29 is 9.53 Å². The van der Waals surface area contributed by atoms with Crippen molar-refractivity contribution in [1.29, 1.82) is 0 Å². The third kappa shape index (κ3) is 2.18. The number of hydrogen-bond acceptors (Lipinski definition) is 3. The predicted octanol–water partition coefficient (Wildman–Crippen LogP) is 1.78. The summed E-state index contributed by atoms with van der Waals surface area (Å²) >= 11 is 0. The zero-order valence-electron chi connectivity index (χ0n) is 9.82. The van der Waals surface area contributed by atoms with Crippen molar-refractivity contribution in [2.24, 2.45) is 0 Å². The van der Waals surface area contributed by atoms with E-state index in [-0.39, 0.29) is 5.97 Å². The molecule has 0 atom stereocenters. The highest BCUT2D eigenvalue weighted by atomic mass is 16.5. The van der Waals surface area contributed by atoms with E-state index < -0.39 is 0 Å². The predicted molar refractivity (Wildman–Crippen MR) is 63.8 cm³/mol. The molecule has 86 valence electrons. The fourth-order valence-electron chi connectivity index (χ4n) is 2.11. The van der Waals surface area contributed by atoms with E-state index in [2.05, 4.69) is 24.1 Å². The van der Waals surface area contributed by atoms with E-state index in [1.54, 1.807) is 0 Å². The summed E-state index contributed by atoms with van der Waals surface area (Å²) in [6.07, 6.45) is 1.45. The van der Waals surface area contributed by atoms with Gasteiger partial charge in [-0.2, -0.15) is 0 Å². The molecule has 1 aromatic carbocycles. The second-order valence-electron chi connectivity index (χ2n) is 4.12. The van der Waals surface area contributed by atoms with E-state index in [0.717, 1.165) is 18.5 Å². The largest absolute Gasteiger partial charge is 0.466 e. The number of carbonyl (C=O) groups excluding carboxylic acids is 1. The average molecular weight is 219 g/mol. The summed E-state index contributed by atoms with van der Waals surface area (Å²) in [5.41, 5.74) is 3.67. The molecule has 1 aromatic rings.